The van der Waals surface area contributed by atoms with Crippen molar-refractivity contribution in [1.82, 2.24) is 0 Å². The molecule has 0 aliphatic carbocycles. The van der Waals surface area contributed by atoms with E-state index in [-0.39, 0.29) is 80.5 Å². The molecule has 0 aromatic heterocycles. The predicted octanol–water partition coefficient (Wildman–Crippen LogP) is -3.66. The molecule has 1 atom stereocenters. The van der Waals surface area contributed by atoms with Crippen LogP contribution in [0.2, 0.25) is 0 Å². The van der Waals surface area contributed by atoms with Crippen LogP contribution < -0.4 is 19.6 Å². The first-order chi connectivity index (χ1) is 3.71. The zero-order chi connectivity index (χ0) is 7.71. The van der Waals surface area contributed by atoms with Gasteiger partial charge in [-0.1, -0.05) is 0 Å². The Morgan fingerprint density at radius 1 is 0.917 bits per heavy atom. The molecule has 0 saturated heterocycles. The molecule has 0 N–H and O–H groups in total. The van der Waals surface area contributed by atoms with E-state index >= 15 is 0 Å². The molecule has 0 amide bonds. The smallest absolute Gasteiger partial charge is 0.790 e. The molecule has 0 aromatic carbocycles. The van der Waals surface area contributed by atoms with Gasteiger partial charge in [0.2, 0.25) is 0 Å². The van der Waals surface area contributed by atoms with Gasteiger partial charge in [-0.25, -0.2) is 0 Å². The van der Waals surface area contributed by atoms with Crippen LogP contribution in [-0.4, -0.2) is 48.9 Å². The third-order valence-electron chi connectivity index (χ3n) is 0.200. The molecule has 7 nitrogen and oxygen atoms in total. The molecule has 12 heavy (non-hydrogen) atoms. The monoisotopic (exact) mass is 394 g/mol. The van der Waals surface area contributed by atoms with Gasteiger partial charge in [0, 0.05) is 0 Å². The van der Waals surface area contributed by atoms with E-state index in [1.54, 1.807) is 0 Å². The van der Waals surface area contributed by atoms with Crippen LogP contribution in [0.25, 0.3) is 0 Å². The van der Waals surface area contributed by atoms with Gasteiger partial charge in [0.05, 0.1) is 15.6 Å². The summed E-state index contributed by atoms with van der Waals surface area (Å²) >= 11 is 0. The summed E-state index contributed by atoms with van der Waals surface area (Å²) in [5.41, 5.74) is 0. The van der Waals surface area contributed by atoms with Crippen molar-refractivity contribution in [3.05, 3.63) is 0 Å². The van der Waals surface area contributed by atoms with Gasteiger partial charge in [0.1, 0.15) is 0 Å². The molecule has 0 aliphatic rings. The maximum absolute atomic E-state index is 9.32. The zero-order valence-corrected chi connectivity index (χ0v) is 14.9. The summed E-state index contributed by atoms with van der Waals surface area (Å²) in [5.74, 6) is 0. The maximum Gasteiger partial charge on any atom is 4.00 e. The first-order valence-electron chi connectivity index (χ1n) is 1.46. The maximum atomic E-state index is 9.32. The molecule has 0 bridgehead atoms. The van der Waals surface area contributed by atoms with Gasteiger partial charge in [-0.05, 0) is 0 Å². The Bertz CT molecular complexity index is 159. The van der Waals surface area contributed by atoms with E-state index in [1.165, 1.54) is 0 Å². The Kier molecular flexibility index (Phi) is 18.7. The Morgan fingerprint density at radius 2 is 1.08 bits per heavy atom. The zero-order valence-electron chi connectivity index (χ0n) is 5.67. The van der Waals surface area contributed by atoms with Crippen molar-refractivity contribution < 1.29 is 54.7 Å². The summed E-state index contributed by atoms with van der Waals surface area (Å²) in [6, 6.07) is 0. The third-order valence-corrected chi connectivity index (χ3v) is 1.80. The minimum Gasteiger partial charge on any atom is -0.790 e. The number of hydrogen-bond acceptors (Lipinski definition) is 7. The van der Waals surface area contributed by atoms with E-state index in [4.69, 9.17) is 0 Å². The van der Waals surface area contributed by atoms with Crippen LogP contribution in [0.3, 0.4) is 0 Å². The summed E-state index contributed by atoms with van der Waals surface area (Å²) in [6.45, 7) is 0. The fourth-order valence-electron chi connectivity index (χ4n) is 0.122. The first-order valence-corrected chi connectivity index (χ1v) is 4.38. The van der Waals surface area contributed by atoms with Gasteiger partial charge in [-0.3, -0.25) is 0 Å². The van der Waals surface area contributed by atoms with Crippen LogP contribution in [-0.2, 0) is 35.2 Å². The topological polar surface area (TPSA) is 136 Å². The van der Waals surface area contributed by atoms with Gasteiger partial charge in [0.15, 0.2) is 0 Å². The molecule has 0 rings (SSSR count). The summed E-state index contributed by atoms with van der Waals surface area (Å²) in [5, 5.41) is 0. The van der Waals surface area contributed by atoms with Crippen molar-refractivity contribution in [3.63, 3.8) is 0 Å². The number of hydrogen-bond donors (Lipinski definition) is 0. The second-order valence-electron chi connectivity index (χ2n) is 0.976. The van der Waals surface area contributed by atoms with Crippen molar-refractivity contribution in [2.24, 2.45) is 0 Å². The van der Waals surface area contributed by atoms with Gasteiger partial charge in [-0.15, -0.1) is 0 Å². The molecule has 0 radical (unpaired) electrons. The standard InChI is InChI=1S/Ba.H4O7P2.H3P.Ti/c;1-8(2,3)7-9(4,5)6;;/h;(H2,1,2,3)(H2,4,5,6);1H3;/q+2;;;+4/p-4. The van der Waals surface area contributed by atoms with Crippen LogP contribution >= 0.6 is 25.5 Å². The summed E-state index contributed by atoms with van der Waals surface area (Å²) in [6.07, 6.45) is 0. The minimum absolute atomic E-state index is 0. The molecule has 12 heteroatoms. The van der Waals surface area contributed by atoms with E-state index in [0.717, 1.165) is 0 Å². The van der Waals surface area contributed by atoms with Gasteiger partial charge in [-0.2, -0.15) is 9.90 Å². The van der Waals surface area contributed by atoms with E-state index in [0.29, 0.717) is 0 Å². The molecule has 0 spiro atoms. The second kappa shape index (κ2) is 9.22. The Morgan fingerprint density at radius 3 is 1.08 bits per heavy atom. The molecule has 0 saturated carbocycles. The predicted molar refractivity (Wildman–Crippen MR) is 33.2 cm³/mol. The molecular formula is H3BaO7P3Ti+2. The Balaban J connectivity index is -0.000000107. The summed E-state index contributed by atoms with van der Waals surface area (Å²) < 4.78 is 21.2. The van der Waals surface area contributed by atoms with Gasteiger partial charge >= 0.3 is 70.6 Å². The van der Waals surface area contributed by atoms with E-state index in [9.17, 15) is 28.7 Å². The average molecular weight is 393 g/mol. The molecule has 1 unspecified atom stereocenters. The van der Waals surface area contributed by atoms with Gasteiger partial charge in [0.25, 0.3) is 0 Å². The molecular weight excluding hydrogens is 390 g/mol. The van der Waals surface area contributed by atoms with Crippen LogP contribution in [0.1, 0.15) is 0 Å². The van der Waals surface area contributed by atoms with Crippen molar-refractivity contribution in [1.29, 1.82) is 0 Å². The molecule has 64 valence electrons. The molecule has 0 aliphatic heterocycles. The summed E-state index contributed by atoms with van der Waals surface area (Å²) in [4.78, 5) is 37.3. The van der Waals surface area contributed by atoms with Crippen molar-refractivity contribution in [2.75, 3.05) is 0 Å². The Hall–Kier alpha value is 2.98. The fraction of sp³-hybridized carbons (Fsp3) is 0. The first kappa shape index (κ1) is 24.3. The van der Waals surface area contributed by atoms with Crippen LogP contribution in [0.4, 0.5) is 0 Å². The normalized spacial score (nSPS) is 10.3. The molecule has 0 heterocycles. The van der Waals surface area contributed by atoms with Gasteiger partial charge < -0.3 is 33.0 Å². The SMILES string of the molecule is O=P([O-])([O-])OP(=O)([O-])[O-].P.[Ba+2].[Ti+4]. The number of rotatable bonds is 2. The van der Waals surface area contributed by atoms with Crippen molar-refractivity contribution in [2.45, 2.75) is 0 Å². The quantitative estimate of drug-likeness (QED) is 0.348. The van der Waals surface area contributed by atoms with Crippen LogP contribution in [0, 0.1) is 0 Å². The van der Waals surface area contributed by atoms with E-state index < -0.39 is 15.6 Å². The fourth-order valence-corrected chi connectivity index (χ4v) is 1.10. The van der Waals surface area contributed by atoms with Crippen molar-refractivity contribution in [3.8, 4) is 0 Å². The van der Waals surface area contributed by atoms with Crippen LogP contribution in [0.5, 0.6) is 0 Å². The molecule has 0 aromatic rings. The van der Waals surface area contributed by atoms with Crippen LogP contribution in [0.15, 0.2) is 0 Å². The Labute approximate surface area is 127 Å². The second-order valence-corrected chi connectivity index (χ2v) is 3.42. The largest absolute Gasteiger partial charge is 4.00 e. The molecule has 0 fully saturated rings. The summed E-state index contributed by atoms with van der Waals surface area (Å²) in [7, 11) is -11.4. The average Bonchev–Trinajstić information content (AvgIpc) is 1.14. The van der Waals surface area contributed by atoms with Crippen molar-refractivity contribution >= 4 is 74.4 Å². The number of phosphoric acid groups is 2. The van der Waals surface area contributed by atoms with E-state index in [1.807, 2.05) is 0 Å². The third kappa shape index (κ3) is 23.1. The minimum atomic E-state index is -5.68. The van der Waals surface area contributed by atoms with E-state index in [2.05, 4.69) is 4.31 Å².